The minimum atomic E-state index is -3.25. The van der Waals surface area contributed by atoms with Gasteiger partial charge in [0.25, 0.3) is 0 Å². The first-order chi connectivity index (χ1) is 10.3. The molecule has 0 saturated carbocycles. The van der Waals surface area contributed by atoms with Gasteiger partial charge in [-0.05, 0) is 36.6 Å². The van der Waals surface area contributed by atoms with Crippen LogP contribution in [0.25, 0.3) is 6.08 Å². The zero-order valence-corrected chi connectivity index (χ0v) is 13.9. The average Bonchev–Trinajstić information content (AvgIpc) is 2.43. The van der Waals surface area contributed by atoms with Crippen LogP contribution in [0.3, 0.4) is 0 Å². The molecule has 1 aliphatic heterocycles. The number of rotatable bonds is 4. The number of carbonyl (C=O) groups excluding carboxylic acids is 1. The third-order valence-electron chi connectivity index (χ3n) is 3.38. The number of hydrogen-bond acceptors (Lipinski definition) is 3. The highest BCUT2D eigenvalue weighted by Gasteiger charge is 2.24. The molecule has 7 heteroatoms. The van der Waals surface area contributed by atoms with Crippen molar-refractivity contribution < 1.29 is 13.2 Å². The van der Waals surface area contributed by atoms with Crippen LogP contribution in [0.2, 0.25) is 5.02 Å². The van der Waals surface area contributed by atoms with E-state index in [2.05, 4.69) is 4.72 Å². The Hall–Kier alpha value is -1.37. The van der Waals surface area contributed by atoms with Crippen molar-refractivity contribution in [1.29, 1.82) is 0 Å². The third-order valence-corrected chi connectivity index (χ3v) is 4.38. The highest BCUT2D eigenvalue weighted by molar-refractivity contribution is 7.88. The molecule has 1 fully saturated rings. The summed E-state index contributed by atoms with van der Waals surface area (Å²) in [5.74, 6) is -0.125. The number of likely N-dealkylation sites (tertiary alicyclic amines) is 1. The van der Waals surface area contributed by atoms with Crippen molar-refractivity contribution in [3.05, 3.63) is 40.9 Å². The molecular formula is C15H19ClN2O3S. The van der Waals surface area contributed by atoms with E-state index in [9.17, 15) is 13.2 Å². The number of nitrogens with zero attached hydrogens (tertiary/aromatic N) is 1. The van der Waals surface area contributed by atoms with Gasteiger partial charge < -0.3 is 4.90 Å². The maximum Gasteiger partial charge on any atom is 0.246 e. The van der Waals surface area contributed by atoms with Gasteiger partial charge in [-0.2, -0.15) is 0 Å². The lowest BCUT2D eigenvalue weighted by Crippen LogP contribution is -2.48. The summed E-state index contributed by atoms with van der Waals surface area (Å²) in [6.07, 6.45) is 5.86. The Labute approximate surface area is 136 Å². The van der Waals surface area contributed by atoms with Crippen LogP contribution in [0.15, 0.2) is 30.3 Å². The van der Waals surface area contributed by atoms with Gasteiger partial charge in [-0.1, -0.05) is 23.7 Å². The maximum atomic E-state index is 12.2. The molecule has 1 aromatic rings. The number of carbonyl (C=O) groups is 1. The molecule has 0 unspecified atom stereocenters. The van der Waals surface area contributed by atoms with E-state index in [0.717, 1.165) is 24.7 Å². The molecule has 5 nitrogen and oxygen atoms in total. The van der Waals surface area contributed by atoms with Crippen molar-refractivity contribution in [1.82, 2.24) is 9.62 Å². The molecule has 0 bridgehead atoms. The molecule has 0 radical (unpaired) electrons. The number of hydrogen-bond donors (Lipinski definition) is 1. The summed E-state index contributed by atoms with van der Waals surface area (Å²) in [6.45, 7) is 1.03. The summed E-state index contributed by atoms with van der Waals surface area (Å²) < 4.78 is 25.1. The van der Waals surface area contributed by atoms with E-state index in [1.165, 1.54) is 6.08 Å². The van der Waals surface area contributed by atoms with Gasteiger partial charge in [0.2, 0.25) is 15.9 Å². The summed E-state index contributed by atoms with van der Waals surface area (Å²) in [7, 11) is -3.25. The van der Waals surface area contributed by atoms with Crippen molar-refractivity contribution >= 4 is 33.6 Å². The van der Waals surface area contributed by atoms with Gasteiger partial charge in [0.15, 0.2) is 0 Å². The quantitative estimate of drug-likeness (QED) is 0.850. The van der Waals surface area contributed by atoms with Gasteiger partial charge in [0.1, 0.15) is 0 Å². The molecule has 1 heterocycles. The highest BCUT2D eigenvalue weighted by Crippen LogP contribution is 2.14. The Balaban J connectivity index is 1.97. The van der Waals surface area contributed by atoms with Gasteiger partial charge in [-0.25, -0.2) is 13.1 Å². The van der Waals surface area contributed by atoms with E-state index in [1.54, 1.807) is 23.1 Å². The van der Waals surface area contributed by atoms with Crippen LogP contribution in [-0.2, 0) is 14.8 Å². The summed E-state index contributed by atoms with van der Waals surface area (Å²) in [5, 5.41) is 0.616. The van der Waals surface area contributed by atoms with Gasteiger partial charge in [0.05, 0.1) is 6.26 Å². The van der Waals surface area contributed by atoms with Crippen molar-refractivity contribution in [2.24, 2.45) is 0 Å². The van der Waals surface area contributed by atoms with Gasteiger partial charge >= 0.3 is 0 Å². The Bertz CT molecular complexity index is 673. The third kappa shape index (κ3) is 5.44. The number of piperidine rings is 1. The summed E-state index contributed by atoms with van der Waals surface area (Å²) >= 11 is 5.90. The number of nitrogens with one attached hydrogen (secondary N) is 1. The number of amides is 1. The first-order valence-electron chi connectivity index (χ1n) is 7.03. The van der Waals surface area contributed by atoms with Crippen LogP contribution >= 0.6 is 11.6 Å². The van der Waals surface area contributed by atoms with Crippen molar-refractivity contribution in [3.8, 4) is 0 Å². The van der Waals surface area contributed by atoms with Gasteiger partial charge in [0, 0.05) is 30.2 Å². The minimum absolute atomic E-state index is 0.125. The average molecular weight is 343 g/mol. The molecule has 0 aliphatic carbocycles. The van der Waals surface area contributed by atoms with Gasteiger partial charge in [-0.3, -0.25) is 4.79 Å². The van der Waals surface area contributed by atoms with E-state index in [0.29, 0.717) is 18.1 Å². The van der Waals surface area contributed by atoms with Crippen LogP contribution in [0.5, 0.6) is 0 Å². The molecule has 0 aromatic heterocycles. The van der Waals surface area contributed by atoms with Crippen molar-refractivity contribution in [2.45, 2.75) is 18.9 Å². The Morgan fingerprint density at radius 2 is 2.23 bits per heavy atom. The minimum Gasteiger partial charge on any atom is -0.338 e. The lowest BCUT2D eigenvalue weighted by Gasteiger charge is -2.32. The molecule has 1 aliphatic rings. The second-order valence-corrected chi connectivity index (χ2v) is 7.62. The zero-order valence-electron chi connectivity index (χ0n) is 12.3. The van der Waals surface area contributed by atoms with Crippen LogP contribution < -0.4 is 4.72 Å². The van der Waals surface area contributed by atoms with Crippen molar-refractivity contribution in [3.63, 3.8) is 0 Å². The van der Waals surface area contributed by atoms with Crippen LogP contribution in [0, 0.1) is 0 Å². The van der Waals surface area contributed by atoms with E-state index in [4.69, 9.17) is 11.6 Å². The molecule has 120 valence electrons. The SMILES string of the molecule is CS(=O)(=O)N[C@@H]1CCCN(C(=O)/C=C/c2cccc(Cl)c2)C1. The summed E-state index contributed by atoms with van der Waals surface area (Å²) in [4.78, 5) is 13.9. The predicted octanol–water partition coefficient (Wildman–Crippen LogP) is 1.89. The van der Waals surface area contributed by atoms with E-state index < -0.39 is 10.0 Å². The lowest BCUT2D eigenvalue weighted by atomic mass is 10.1. The number of halogens is 1. The molecule has 1 N–H and O–H groups in total. The molecule has 22 heavy (non-hydrogen) atoms. The largest absolute Gasteiger partial charge is 0.338 e. The molecule has 1 aromatic carbocycles. The van der Waals surface area contributed by atoms with Crippen molar-refractivity contribution in [2.75, 3.05) is 19.3 Å². The standard InChI is InChI=1S/C15H19ClN2O3S/c1-22(20,21)17-14-6-3-9-18(11-14)15(19)8-7-12-4-2-5-13(16)10-12/h2,4-5,7-8,10,14,17H,3,6,9,11H2,1H3/b8-7+/t14-/m1/s1. The summed E-state index contributed by atoms with van der Waals surface area (Å²) in [6, 6.07) is 7.01. The molecule has 1 amide bonds. The van der Waals surface area contributed by atoms with E-state index in [1.807, 2.05) is 12.1 Å². The fourth-order valence-corrected chi connectivity index (χ4v) is 3.46. The first kappa shape index (κ1) is 17.0. The number of benzene rings is 1. The first-order valence-corrected chi connectivity index (χ1v) is 9.30. The Morgan fingerprint density at radius 1 is 1.45 bits per heavy atom. The fraction of sp³-hybridized carbons (Fsp3) is 0.400. The zero-order chi connectivity index (χ0) is 16.2. The fourth-order valence-electron chi connectivity index (χ4n) is 2.46. The smallest absolute Gasteiger partial charge is 0.246 e. The van der Waals surface area contributed by atoms with Crippen LogP contribution in [0.4, 0.5) is 0 Å². The second-order valence-electron chi connectivity index (χ2n) is 5.40. The monoisotopic (exact) mass is 342 g/mol. The summed E-state index contributed by atoms with van der Waals surface area (Å²) in [5.41, 5.74) is 0.851. The molecule has 0 spiro atoms. The van der Waals surface area contributed by atoms with Gasteiger partial charge in [-0.15, -0.1) is 0 Å². The highest BCUT2D eigenvalue weighted by atomic mass is 35.5. The topological polar surface area (TPSA) is 66.5 Å². The van der Waals surface area contributed by atoms with Crippen LogP contribution in [0.1, 0.15) is 18.4 Å². The van der Waals surface area contributed by atoms with E-state index >= 15 is 0 Å². The second kappa shape index (κ2) is 7.26. The Morgan fingerprint density at radius 3 is 2.91 bits per heavy atom. The lowest BCUT2D eigenvalue weighted by molar-refractivity contribution is -0.127. The predicted molar refractivity (Wildman–Crippen MR) is 88.1 cm³/mol. The molecular weight excluding hydrogens is 324 g/mol. The Kier molecular flexibility index (Phi) is 5.61. The molecule has 1 saturated heterocycles. The maximum absolute atomic E-state index is 12.2. The van der Waals surface area contributed by atoms with Crippen LogP contribution in [-0.4, -0.2) is 44.6 Å². The molecule has 2 rings (SSSR count). The van der Waals surface area contributed by atoms with E-state index in [-0.39, 0.29) is 11.9 Å². The molecule has 1 atom stereocenters. The normalized spacial score (nSPS) is 19.5. The number of sulfonamides is 1.